The molecular formula is C17H15NO3. The second-order valence-corrected chi connectivity index (χ2v) is 5.07. The van der Waals surface area contributed by atoms with Crippen molar-refractivity contribution in [2.75, 3.05) is 11.4 Å². The van der Waals surface area contributed by atoms with E-state index in [1.54, 1.807) is 17.0 Å². The number of hydrogen-bond donors (Lipinski definition) is 1. The molecule has 0 bridgehead atoms. The van der Waals surface area contributed by atoms with Gasteiger partial charge in [-0.05, 0) is 48.7 Å². The first-order chi connectivity index (χ1) is 10.2. The molecule has 2 aromatic rings. The zero-order chi connectivity index (χ0) is 14.8. The minimum absolute atomic E-state index is 0.0842. The molecule has 4 nitrogen and oxygen atoms in total. The van der Waals surface area contributed by atoms with Gasteiger partial charge in [-0.2, -0.15) is 0 Å². The quantitative estimate of drug-likeness (QED) is 0.920. The first kappa shape index (κ1) is 13.4. The Labute approximate surface area is 122 Å². The molecule has 1 heterocycles. The van der Waals surface area contributed by atoms with Crippen molar-refractivity contribution in [1.82, 2.24) is 0 Å². The number of fused-ring (bicyclic) bond motifs is 1. The first-order valence-electron chi connectivity index (χ1n) is 6.90. The topological polar surface area (TPSA) is 57.6 Å². The normalized spacial score (nSPS) is 13.6. The summed E-state index contributed by atoms with van der Waals surface area (Å²) in [5.41, 5.74) is 2.83. The standard InChI is InChI=1S/C17H15NO3/c19-16(13-7-9-14(10-8-13)17(20)21)18-11-3-5-12-4-1-2-6-15(12)18/h1-2,4,6-10H,3,5,11H2,(H,20,21). The molecule has 0 spiro atoms. The highest BCUT2D eigenvalue weighted by molar-refractivity contribution is 6.07. The molecule has 21 heavy (non-hydrogen) atoms. The van der Waals surface area contributed by atoms with Gasteiger partial charge in [-0.25, -0.2) is 4.79 Å². The molecule has 3 rings (SSSR count). The van der Waals surface area contributed by atoms with E-state index in [2.05, 4.69) is 0 Å². The SMILES string of the molecule is O=C(O)c1ccc(C(=O)N2CCCc3ccccc32)cc1. The maximum absolute atomic E-state index is 12.6. The number of aromatic carboxylic acids is 1. The van der Waals surface area contributed by atoms with Gasteiger partial charge in [0.1, 0.15) is 0 Å². The monoisotopic (exact) mass is 281 g/mol. The molecule has 106 valence electrons. The van der Waals surface area contributed by atoms with Gasteiger partial charge in [0.05, 0.1) is 5.56 Å². The van der Waals surface area contributed by atoms with E-state index in [1.165, 1.54) is 17.7 Å². The fraction of sp³-hybridized carbons (Fsp3) is 0.176. The van der Waals surface area contributed by atoms with Crippen molar-refractivity contribution < 1.29 is 14.7 Å². The van der Waals surface area contributed by atoms with Crippen LogP contribution in [0.25, 0.3) is 0 Å². The third-order valence-electron chi connectivity index (χ3n) is 3.73. The zero-order valence-electron chi connectivity index (χ0n) is 11.5. The molecule has 0 fully saturated rings. The number of carboxylic acid groups (broad SMARTS) is 1. The van der Waals surface area contributed by atoms with Crippen molar-refractivity contribution >= 4 is 17.6 Å². The number of hydrogen-bond acceptors (Lipinski definition) is 2. The Kier molecular flexibility index (Phi) is 3.44. The smallest absolute Gasteiger partial charge is 0.335 e. The second kappa shape index (κ2) is 5.40. The van der Waals surface area contributed by atoms with Crippen molar-refractivity contribution in [1.29, 1.82) is 0 Å². The van der Waals surface area contributed by atoms with E-state index in [-0.39, 0.29) is 11.5 Å². The number of rotatable bonds is 2. The highest BCUT2D eigenvalue weighted by Gasteiger charge is 2.23. The highest BCUT2D eigenvalue weighted by atomic mass is 16.4. The van der Waals surface area contributed by atoms with Crippen LogP contribution >= 0.6 is 0 Å². The maximum Gasteiger partial charge on any atom is 0.335 e. The fourth-order valence-electron chi connectivity index (χ4n) is 2.66. The zero-order valence-corrected chi connectivity index (χ0v) is 11.5. The predicted octanol–water partition coefficient (Wildman–Crippen LogP) is 2.98. The van der Waals surface area contributed by atoms with Gasteiger partial charge in [0.2, 0.25) is 0 Å². The molecule has 0 unspecified atom stereocenters. The molecule has 0 saturated heterocycles. The van der Waals surface area contributed by atoms with Gasteiger partial charge in [-0.1, -0.05) is 18.2 Å². The van der Waals surface area contributed by atoms with Crippen molar-refractivity contribution in [3.63, 3.8) is 0 Å². The Morgan fingerprint density at radius 3 is 2.33 bits per heavy atom. The summed E-state index contributed by atoms with van der Waals surface area (Å²) in [6.45, 7) is 0.691. The van der Waals surface area contributed by atoms with Crippen LogP contribution in [0.1, 0.15) is 32.7 Å². The largest absolute Gasteiger partial charge is 0.478 e. The van der Waals surface area contributed by atoms with Crippen molar-refractivity contribution in [3.8, 4) is 0 Å². The van der Waals surface area contributed by atoms with Crippen LogP contribution in [0.15, 0.2) is 48.5 Å². The Morgan fingerprint density at radius 2 is 1.62 bits per heavy atom. The summed E-state index contributed by atoms with van der Waals surface area (Å²) >= 11 is 0. The first-order valence-corrected chi connectivity index (χ1v) is 6.90. The molecule has 0 aromatic heterocycles. The number of aryl methyl sites for hydroxylation is 1. The van der Waals surface area contributed by atoms with Crippen molar-refractivity contribution in [2.24, 2.45) is 0 Å². The minimum Gasteiger partial charge on any atom is -0.478 e. The van der Waals surface area contributed by atoms with Gasteiger partial charge in [0, 0.05) is 17.8 Å². The third-order valence-corrected chi connectivity index (χ3v) is 3.73. The average molecular weight is 281 g/mol. The Morgan fingerprint density at radius 1 is 0.952 bits per heavy atom. The van der Waals surface area contributed by atoms with Crippen molar-refractivity contribution in [3.05, 3.63) is 65.2 Å². The van der Waals surface area contributed by atoms with Gasteiger partial charge >= 0.3 is 5.97 Å². The summed E-state index contributed by atoms with van der Waals surface area (Å²) in [4.78, 5) is 25.2. The third kappa shape index (κ3) is 2.52. The van der Waals surface area contributed by atoms with E-state index in [0.717, 1.165) is 18.5 Å². The number of nitrogens with zero attached hydrogens (tertiary/aromatic N) is 1. The molecular weight excluding hydrogens is 266 g/mol. The maximum atomic E-state index is 12.6. The number of carboxylic acids is 1. The molecule has 1 aliphatic rings. The minimum atomic E-state index is -0.989. The number of carbonyl (C=O) groups is 2. The van der Waals surface area contributed by atoms with Gasteiger partial charge in [-0.3, -0.25) is 4.79 Å². The van der Waals surface area contributed by atoms with Gasteiger partial charge < -0.3 is 10.0 Å². The molecule has 0 radical (unpaired) electrons. The van der Waals surface area contributed by atoms with E-state index < -0.39 is 5.97 Å². The molecule has 1 aliphatic heterocycles. The Balaban J connectivity index is 1.91. The number of para-hydroxylation sites is 1. The molecule has 0 atom stereocenters. The highest BCUT2D eigenvalue weighted by Crippen LogP contribution is 2.28. The van der Waals surface area contributed by atoms with E-state index in [4.69, 9.17) is 5.11 Å². The lowest BCUT2D eigenvalue weighted by Crippen LogP contribution is -2.35. The molecule has 0 aliphatic carbocycles. The van der Waals surface area contributed by atoms with E-state index in [9.17, 15) is 9.59 Å². The lowest BCUT2D eigenvalue weighted by Gasteiger charge is -2.29. The number of carbonyl (C=O) groups excluding carboxylic acids is 1. The van der Waals surface area contributed by atoms with E-state index >= 15 is 0 Å². The average Bonchev–Trinajstić information content (AvgIpc) is 2.53. The van der Waals surface area contributed by atoms with Crippen LogP contribution in [0, 0.1) is 0 Å². The van der Waals surface area contributed by atoms with Crippen molar-refractivity contribution in [2.45, 2.75) is 12.8 Å². The predicted molar refractivity (Wildman–Crippen MR) is 79.8 cm³/mol. The van der Waals surface area contributed by atoms with Crippen LogP contribution in [0.3, 0.4) is 0 Å². The van der Waals surface area contributed by atoms with Crippen LogP contribution in [0.5, 0.6) is 0 Å². The van der Waals surface area contributed by atoms with Crippen LogP contribution < -0.4 is 4.90 Å². The molecule has 1 amide bonds. The van der Waals surface area contributed by atoms with Gasteiger partial charge in [0.15, 0.2) is 0 Å². The number of benzene rings is 2. The second-order valence-electron chi connectivity index (χ2n) is 5.07. The summed E-state index contributed by atoms with van der Waals surface area (Å²) in [5.74, 6) is -1.07. The molecule has 2 aromatic carbocycles. The fourth-order valence-corrected chi connectivity index (χ4v) is 2.66. The summed E-state index contributed by atoms with van der Waals surface area (Å²) in [5, 5.41) is 8.90. The van der Waals surface area contributed by atoms with E-state index in [1.807, 2.05) is 24.3 Å². The summed E-state index contributed by atoms with van der Waals surface area (Å²) in [7, 11) is 0. The summed E-state index contributed by atoms with van der Waals surface area (Å²) in [6, 6.07) is 14.0. The van der Waals surface area contributed by atoms with Crippen LogP contribution in [0.4, 0.5) is 5.69 Å². The number of amides is 1. The Bertz CT molecular complexity index is 691. The lowest BCUT2D eigenvalue weighted by molar-refractivity contribution is 0.0696. The van der Waals surface area contributed by atoms with Crippen LogP contribution in [-0.2, 0) is 6.42 Å². The summed E-state index contributed by atoms with van der Waals surface area (Å²) in [6.07, 6.45) is 1.92. The van der Waals surface area contributed by atoms with Gasteiger partial charge in [0.25, 0.3) is 5.91 Å². The van der Waals surface area contributed by atoms with E-state index in [0.29, 0.717) is 12.1 Å². The van der Waals surface area contributed by atoms with Gasteiger partial charge in [-0.15, -0.1) is 0 Å². The summed E-state index contributed by atoms with van der Waals surface area (Å²) < 4.78 is 0. The number of anilines is 1. The molecule has 0 saturated carbocycles. The molecule has 4 heteroatoms. The van der Waals surface area contributed by atoms with Crippen LogP contribution in [0.2, 0.25) is 0 Å². The van der Waals surface area contributed by atoms with Crippen LogP contribution in [-0.4, -0.2) is 23.5 Å². The lowest BCUT2D eigenvalue weighted by atomic mass is 10.0. The molecule has 1 N–H and O–H groups in total. The Hall–Kier alpha value is -2.62.